The molecule has 1 aromatic carbocycles. The van der Waals surface area contributed by atoms with Crippen LogP contribution in [0, 0.1) is 0 Å². The van der Waals surface area contributed by atoms with E-state index in [9.17, 15) is 9.59 Å². The number of anilines is 2. The molecule has 0 aliphatic heterocycles. The first-order valence-corrected chi connectivity index (χ1v) is 6.76. The van der Waals surface area contributed by atoms with Gasteiger partial charge in [0, 0.05) is 11.2 Å². The molecular formula is C12H9Cl3N4O2. The molecule has 0 spiro atoms. The van der Waals surface area contributed by atoms with Gasteiger partial charge in [-0.25, -0.2) is 9.78 Å². The molecule has 1 heterocycles. The summed E-state index contributed by atoms with van der Waals surface area (Å²) >= 11 is 17.5. The summed E-state index contributed by atoms with van der Waals surface area (Å²) in [6.07, 6.45) is 2.51. The Bertz CT molecular complexity index is 737. The van der Waals surface area contributed by atoms with Gasteiger partial charge < -0.3 is 11.1 Å². The zero-order valence-corrected chi connectivity index (χ0v) is 12.7. The van der Waals surface area contributed by atoms with Crippen LogP contribution >= 0.6 is 34.8 Å². The summed E-state index contributed by atoms with van der Waals surface area (Å²) in [5, 5.41) is 3.31. The van der Waals surface area contributed by atoms with E-state index in [0.29, 0.717) is 5.02 Å². The fraction of sp³-hybridized carbons (Fsp3) is 0.0833. The van der Waals surface area contributed by atoms with E-state index in [4.69, 9.17) is 40.5 Å². The molecule has 1 aromatic heterocycles. The zero-order valence-electron chi connectivity index (χ0n) is 10.4. The largest absolute Gasteiger partial charge is 0.397 e. The number of hydrogen-bond donors (Lipinski definition) is 2. The Morgan fingerprint density at radius 2 is 2.00 bits per heavy atom. The van der Waals surface area contributed by atoms with Crippen molar-refractivity contribution in [1.29, 1.82) is 0 Å². The number of rotatable bonds is 3. The van der Waals surface area contributed by atoms with Gasteiger partial charge >= 0.3 is 5.69 Å². The summed E-state index contributed by atoms with van der Waals surface area (Å²) in [6.45, 7) is -0.273. The maximum atomic E-state index is 11.9. The van der Waals surface area contributed by atoms with E-state index in [2.05, 4.69) is 10.3 Å². The molecule has 2 rings (SSSR count). The second kappa shape index (κ2) is 6.34. The van der Waals surface area contributed by atoms with Gasteiger partial charge in [-0.2, -0.15) is 0 Å². The minimum atomic E-state index is -0.593. The van der Waals surface area contributed by atoms with Crippen molar-refractivity contribution >= 4 is 52.1 Å². The van der Waals surface area contributed by atoms with Crippen LogP contribution in [-0.4, -0.2) is 15.5 Å². The molecule has 3 N–H and O–H groups in total. The van der Waals surface area contributed by atoms with E-state index < -0.39 is 11.6 Å². The summed E-state index contributed by atoms with van der Waals surface area (Å²) in [5.74, 6) is -0.503. The van der Waals surface area contributed by atoms with E-state index in [1.54, 1.807) is 0 Å². The predicted octanol–water partition coefficient (Wildman–Crippen LogP) is 2.42. The Kier molecular flexibility index (Phi) is 4.72. The van der Waals surface area contributed by atoms with Crippen molar-refractivity contribution in [2.45, 2.75) is 6.54 Å². The summed E-state index contributed by atoms with van der Waals surface area (Å²) in [5.41, 5.74) is 5.59. The van der Waals surface area contributed by atoms with Gasteiger partial charge in [-0.05, 0) is 12.1 Å². The number of nitrogens with one attached hydrogen (secondary N) is 1. The molecule has 0 fully saturated rings. The second-order valence-corrected chi connectivity index (χ2v) is 5.36. The number of halogens is 3. The average molecular weight is 348 g/mol. The molecule has 6 nitrogen and oxygen atoms in total. The van der Waals surface area contributed by atoms with Crippen LogP contribution in [0.25, 0.3) is 0 Å². The number of benzene rings is 1. The molecule has 0 saturated heterocycles. The highest BCUT2D eigenvalue weighted by Gasteiger charge is 2.12. The highest BCUT2D eigenvalue weighted by atomic mass is 35.5. The van der Waals surface area contributed by atoms with Crippen molar-refractivity contribution < 1.29 is 4.79 Å². The lowest BCUT2D eigenvalue weighted by atomic mass is 10.2. The average Bonchev–Trinajstić information content (AvgIpc) is 2.38. The minimum absolute atomic E-state index is 0.199. The fourth-order valence-corrected chi connectivity index (χ4v) is 2.32. The molecule has 0 bridgehead atoms. The van der Waals surface area contributed by atoms with Crippen molar-refractivity contribution in [2.24, 2.45) is 0 Å². The number of nitrogens with zero attached hydrogens (tertiary/aromatic N) is 2. The van der Waals surface area contributed by atoms with Crippen LogP contribution < -0.4 is 16.7 Å². The summed E-state index contributed by atoms with van der Waals surface area (Å²) in [4.78, 5) is 26.9. The van der Waals surface area contributed by atoms with Crippen LogP contribution in [0.2, 0.25) is 15.1 Å². The third-order valence-electron chi connectivity index (χ3n) is 2.49. The SMILES string of the molecule is Nc1cc(Cl)cc(Cl)c1NC(=O)Cn1cc(Cl)cnc1=O. The maximum Gasteiger partial charge on any atom is 0.348 e. The molecule has 0 aliphatic rings. The van der Waals surface area contributed by atoms with Crippen molar-refractivity contribution in [3.8, 4) is 0 Å². The van der Waals surface area contributed by atoms with E-state index >= 15 is 0 Å². The highest BCUT2D eigenvalue weighted by Crippen LogP contribution is 2.31. The Hall–Kier alpha value is -1.76. The molecule has 0 atom stereocenters. The standard InChI is InChI=1S/C12H9Cl3N4O2/c13-6-1-8(15)11(9(16)2-6)18-10(20)5-19-4-7(14)3-17-12(19)21/h1-4H,5,16H2,(H,18,20). The summed E-state index contributed by atoms with van der Waals surface area (Å²) < 4.78 is 1.07. The summed E-state index contributed by atoms with van der Waals surface area (Å²) in [7, 11) is 0. The number of carbonyl (C=O) groups is 1. The Morgan fingerprint density at radius 1 is 1.29 bits per heavy atom. The van der Waals surface area contributed by atoms with Crippen molar-refractivity contribution in [3.63, 3.8) is 0 Å². The molecular weight excluding hydrogens is 339 g/mol. The molecule has 0 radical (unpaired) electrons. The first kappa shape index (κ1) is 15.6. The van der Waals surface area contributed by atoms with E-state index in [1.165, 1.54) is 24.5 Å². The molecule has 0 aliphatic carbocycles. The molecule has 21 heavy (non-hydrogen) atoms. The van der Waals surface area contributed by atoms with E-state index in [1.807, 2.05) is 0 Å². The molecule has 0 unspecified atom stereocenters. The number of hydrogen-bond acceptors (Lipinski definition) is 4. The fourth-order valence-electron chi connectivity index (χ4n) is 1.60. The molecule has 0 saturated carbocycles. The van der Waals surface area contributed by atoms with Gasteiger partial charge in [0.15, 0.2) is 0 Å². The van der Waals surface area contributed by atoms with Crippen molar-refractivity contribution in [1.82, 2.24) is 9.55 Å². The van der Waals surface area contributed by atoms with Gasteiger partial charge in [-0.15, -0.1) is 0 Å². The van der Waals surface area contributed by atoms with Gasteiger partial charge in [-0.1, -0.05) is 34.8 Å². The highest BCUT2D eigenvalue weighted by molar-refractivity contribution is 6.37. The maximum absolute atomic E-state index is 11.9. The summed E-state index contributed by atoms with van der Waals surface area (Å²) in [6, 6.07) is 2.90. The van der Waals surface area contributed by atoms with Gasteiger partial charge in [0.2, 0.25) is 5.91 Å². The van der Waals surface area contributed by atoms with E-state index in [-0.39, 0.29) is 28.0 Å². The Balaban J connectivity index is 2.19. The molecule has 110 valence electrons. The smallest absolute Gasteiger partial charge is 0.348 e. The first-order chi connectivity index (χ1) is 9.86. The number of amides is 1. The van der Waals surface area contributed by atoms with Gasteiger partial charge in [-0.3, -0.25) is 9.36 Å². The van der Waals surface area contributed by atoms with Gasteiger partial charge in [0.05, 0.1) is 27.6 Å². The van der Waals surface area contributed by atoms with Crippen molar-refractivity contribution in [2.75, 3.05) is 11.1 Å². The lowest BCUT2D eigenvalue weighted by Gasteiger charge is -2.11. The van der Waals surface area contributed by atoms with E-state index in [0.717, 1.165) is 4.57 Å². The third kappa shape index (κ3) is 3.87. The van der Waals surface area contributed by atoms with Crippen LogP contribution in [0.1, 0.15) is 0 Å². The second-order valence-electron chi connectivity index (χ2n) is 4.08. The quantitative estimate of drug-likeness (QED) is 0.834. The number of nitrogen functional groups attached to an aromatic ring is 1. The number of aromatic nitrogens is 2. The zero-order chi connectivity index (χ0) is 15.6. The van der Waals surface area contributed by atoms with Crippen LogP contribution in [-0.2, 0) is 11.3 Å². The van der Waals surface area contributed by atoms with Crippen LogP contribution in [0.5, 0.6) is 0 Å². The van der Waals surface area contributed by atoms with Crippen LogP contribution in [0.3, 0.4) is 0 Å². The number of carbonyl (C=O) groups excluding carboxylic acids is 1. The normalized spacial score (nSPS) is 10.4. The number of nitrogens with two attached hydrogens (primary N) is 1. The Labute approximate surface area is 134 Å². The van der Waals surface area contributed by atoms with Gasteiger partial charge in [0.25, 0.3) is 0 Å². The topological polar surface area (TPSA) is 90.0 Å². The molecule has 2 aromatic rings. The van der Waals surface area contributed by atoms with Crippen LogP contribution in [0.4, 0.5) is 11.4 Å². The Morgan fingerprint density at radius 3 is 2.67 bits per heavy atom. The lowest BCUT2D eigenvalue weighted by Crippen LogP contribution is -2.28. The molecule has 1 amide bonds. The predicted molar refractivity (Wildman–Crippen MR) is 83.0 cm³/mol. The lowest BCUT2D eigenvalue weighted by molar-refractivity contribution is -0.116. The molecule has 9 heteroatoms. The first-order valence-electron chi connectivity index (χ1n) is 5.63. The van der Waals surface area contributed by atoms with Crippen molar-refractivity contribution in [3.05, 3.63) is 50.1 Å². The van der Waals surface area contributed by atoms with Gasteiger partial charge in [0.1, 0.15) is 6.54 Å². The van der Waals surface area contributed by atoms with Crippen LogP contribution in [0.15, 0.2) is 29.3 Å². The minimum Gasteiger partial charge on any atom is -0.397 e. The monoisotopic (exact) mass is 346 g/mol. The third-order valence-corrected chi connectivity index (χ3v) is 3.20.